The first kappa shape index (κ1) is 28.5. The van der Waals surface area contributed by atoms with Crippen LogP contribution in [0.2, 0.25) is 0 Å². The van der Waals surface area contributed by atoms with Gasteiger partial charge in [-0.1, -0.05) is 80.2 Å². The third-order valence-electron chi connectivity index (χ3n) is 7.88. The SMILES string of the molecule is C=C/C=C(\C=C/CC1NC(=CC)c2c(n[nH]c(=O)c2/C=C\C)C1C1=CC=C(F)C=CC1)C1CCCCN1CC. The van der Waals surface area contributed by atoms with Crippen molar-refractivity contribution in [1.29, 1.82) is 0 Å². The molecule has 1 fully saturated rings. The topological polar surface area (TPSA) is 61.0 Å². The molecule has 4 rings (SSSR count). The molecule has 0 amide bonds. The highest BCUT2D eigenvalue weighted by Crippen LogP contribution is 2.41. The number of fused-ring (bicyclic) bond motifs is 1. The molecule has 3 atom stereocenters. The first-order chi connectivity index (χ1) is 19.0. The molecule has 0 spiro atoms. The zero-order valence-electron chi connectivity index (χ0n) is 23.4. The lowest BCUT2D eigenvalue weighted by molar-refractivity contribution is 0.183. The summed E-state index contributed by atoms with van der Waals surface area (Å²) in [6.45, 7) is 12.2. The van der Waals surface area contributed by atoms with Gasteiger partial charge < -0.3 is 5.32 Å². The number of halogens is 1. The van der Waals surface area contributed by atoms with Gasteiger partial charge in [0.2, 0.25) is 0 Å². The van der Waals surface area contributed by atoms with Crippen molar-refractivity contribution in [2.24, 2.45) is 0 Å². The molecule has 0 radical (unpaired) electrons. The Labute approximate surface area is 232 Å². The molecule has 1 saturated heterocycles. The molecule has 39 heavy (non-hydrogen) atoms. The molecule has 5 nitrogen and oxygen atoms in total. The molecule has 2 aliphatic heterocycles. The number of H-pyrrole nitrogens is 1. The van der Waals surface area contributed by atoms with Crippen LogP contribution in [0.5, 0.6) is 0 Å². The Kier molecular flexibility index (Phi) is 9.88. The van der Waals surface area contributed by atoms with Crippen LogP contribution in [0.25, 0.3) is 11.8 Å². The van der Waals surface area contributed by atoms with Crippen molar-refractivity contribution in [2.45, 2.75) is 70.9 Å². The molecule has 206 valence electrons. The number of nitrogens with zero attached hydrogens (tertiary/aromatic N) is 2. The van der Waals surface area contributed by atoms with Gasteiger partial charge in [0.15, 0.2) is 0 Å². The summed E-state index contributed by atoms with van der Waals surface area (Å²) in [6, 6.07) is 0.377. The molecule has 6 heteroatoms. The lowest BCUT2D eigenvalue weighted by Gasteiger charge is -2.37. The fourth-order valence-corrected chi connectivity index (χ4v) is 6.07. The average Bonchev–Trinajstić information content (AvgIpc) is 3.17. The highest BCUT2D eigenvalue weighted by atomic mass is 19.1. The number of rotatable bonds is 8. The summed E-state index contributed by atoms with van der Waals surface area (Å²) in [5, 5.41) is 11.0. The fraction of sp³-hybridized carbons (Fsp3) is 0.394. The average molecular weight is 529 g/mol. The van der Waals surface area contributed by atoms with Crippen molar-refractivity contribution < 1.29 is 4.39 Å². The lowest BCUT2D eigenvalue weighted by Crippen LogP contribution is -2.41. The number of nitrogens with one attached hydrogen (secondary N) is 2. The Morgan fingerprint density at radius 1 is 1.28 bits per heavy atom. The van der Waals surface area contributed by atoms with Gasteiger partial charge in [-0.05, 0) is 70.3 Å². The Balaban J connectivity index is 1.74. The van der Waals surface area contributed by atoms with E-state index in [9.17, 15) is 9.18 Å². The Bertz CT molecular complexity index is 1320. The maximum atomic E-state index is 14.1. The van der Waals surface area contributed by atoms with Gasteiger partial charge in [0.25, 0.3) is 5.56 Å². The summed E-state index contributed by atoms with van der Waals surface area (Å²) in [7, 11) is 0. The van der Waals surface area contributed by atoms with E-state index in [4.69, 9.17) is 0 Å². The normalized spacial score (nSPS) is 25.4. The van der Waals surface area contributed by atoms with E-state index in [1.165, 1.54) is 30.6 Å². The van der Waals surface area contributed by atoms with Gasteiger partial charge in [0, 0.05) is 29.3 Å². The Hall–Kier alpha value is -3.51. The number of aromatic amines is 1. The number of likely N-dealkylation sites (N-methyl/N-ethyl adjacent to an activating group) is 1. The van der Waals surface area contributed by atoms with Crippen LogP contribution in [0.1, 0.15) is 75.6 Å². The van der Waals surface area contributed by atoms with E-state index in [0.717, 1.165) is 48.5 Å². The van der Waals surface area contributed by atoms with E-state index in [1.807, 2.05) is 50.3 Å². The zero-order chi connectivity index (χ0) is 27.8. The highest BCUT2D eigenvalue weighted by molar-refractivity contribution is 5.77. The van der Waals surface area contributed by atoms with E-state index >= 15 is 0 Å². The van der Waals surface area contributed by atoms with Crippen LogP contribution in [-0.4, -0.2) is 40.3 Å². The van der Waals surface area contributed by atoms with Gasteiger partial charge >= 0.3 is 0 Å². The number of piperidine rings is 1. The molecular weight excluding hydrogens is 487 g/mol. The van der Waals surface area contributed by atoms with Gasteiger partial charge in [-0.2, -0.15) is 5.10 Å². The van der Waals surface area contributed by atoms with Gasteiger partial charge in [0.1, 0.15) is 5.83 Å². The van der Waals surface area contributed by atoms with Crippen molar-refractivity contribution in [3.8, 4) is 0 Å². The Morgan fingerprint density at radius 3 is 2.87 bits per heavy atom. The van der Waals surface area contributed by atoms with E-state index in [0.29, 0.717) is 18.0 Å². The lowest BCUT2D eigenvalue weighted by atomic mass is 9.78. The van der Waals surface area contributed by atoms with Crippen molar-refractivity contribution in [1.82, 2.24) is 20.4 Å². The molecule has 3 aliphatic rings. The van der Waals surface area contributed by atoms with E-state index in [-0.39, 0.29) is 23.3 Å². The largest absolute Gasteiger partial charge is 0.381 e. The predicted molar refractivity (Wildman–Crippen MR) is 161 cm³/mol. The summed E-state index contributed by atoms with van der Waals surface area (Å²) in [5.74, 6) is -0.412. The van der Waals surface area contributed by atoms with E-state index < -0.39 is 0 Å². The van der Waals surface area contributed by atoms with Gasteiger partial charge in [-0.3, -0.25) is 9.69 Å². The molecule has 3 heterocycles. The summed E-state index contributed by atoms with van der Waals surface area (Å²) in [5.41, 5.74) is 5.22. The van der Waals surface area contributed by atoms with Crippen LogP contribution >= 0.6 is 0 Å². The third-order valence-corrected chi connectivity index (χ3v) is 7.88. The molecule has 1 aromatic rings. The summed E-state index contributed by atoms with van der Waals surface area (Å²) < 4.78 is 14.1. The van der Waals surface area contributed by atoms with Crippen LogP contribution in [0.15, 0.2) is 89.1 Å². The van der Waals surface area contributed by atoms with Crippen LogP contribution < -0.4 is 10.9 Å². The number of hydrogen-bond acceptors (Lipinski definition) is 4. The van der Waals surface area contributed by atoms with Crippen molar-refractivity contribution in [2.75, 3.05) is 13.1 Å². The van der Waals surface area contributed by atoms with Crippen LogP contribution in [0, 0.1) is 0 Å². The zero-order valence-corrected chi connectivity index (χ0v) is 23.4. The second kappa shape index (κ2) is 13.5. The van der Waals surface area contributed by atoms with E-state index in [1.54, 1.807) is 0 Å². The number of allylic oxidation sites excluding steroid dienone is 9. The summed E-state index contributed by atoms with van der Waals surface area (Å²) in [4.78, 5) is 15.3. The van der Waals surface area contributed by atoms with Crippen molar-refractivity contribution in [3.05, 3.63) is 111 Å². The maximum Gasteiger partial charge on any atom is 0.272 e. The maximum absolute atomic E-state index is 14.1. The predicted octanol–water partition coefficient (Wildman–Crippen LogP) is 6.89. The monoisotopic (exact) mass is 528 g/mol. The minimum absolute atomic E-state index is 0.0235. The first-order valence-electron chi connectivity index (χ1n) is 14.2. The van der Waals surface area contributed by atoms with Gasteiger partial charge in [0.05, 0.1) is 11.3 Å². The first-order valence-corrected chi connectivity index (χ1v) is 14.2. The Morgan fingerprint density at radius 2 is 2.13 bits per heavy atom. The molecule has 1 aromatic heterocycles. The molecule has 0 saturated carbocycles. The number of aromatic nitrogens is 2. The van der Waals surface area contributed by atoms with Crippen molar-refractivity contribution >= 4 is 11.8 Å². The molecular formula is C33H41FN4O. The van der Waals surface area contributed by atoms with Crippen LogP contribution in [0.4, 0.5) is 4.39 Å². The summed E-state index contributed by atoms with van der Waals surface area (Å²) in [6.07, 6.45) is 25.9. The minimum atomic E-state index is -0.268. The second-order valence-electron chi connectivity index (χ2n) is 10.2. The summed E-state index contributed by atoms with van der Waals surface area (Å²) >= 11 is 0. The molecule has 0 aromatic carbocycles. The molecule has 1 aliphatic carbocycles. The highest BCUT2D eigenvalue weighted by Gasteiger charge is 2.36. The quantitative estimate of drug-likeness (QED) is 0.361. The fourth-order valence-electron chi connectivity index (χ4n) is 6.07. The van der Waals surface area contributed by atoms with Crippen molar-refractivity contribution in [3.63, 3.8) is 0 Å². The van der Waals surface area contributed by atoms with Crippen LogP contribution in [0.3, 0.4) is 0 Å². The molecule has 3 unspecified atom stereocenters. The van der Waals surface area contributed by atoms with Crippen LogP contribution in [-0.2, 0) is 0 Å². The van der Waals surface area contributed by atoms with E-state index in [2.05, 4.69) is 52.1 Å². The third kappa shape index (κ3) is 6.39. The minimum Gasteiger partial charge on any atom is -0.381 e. The molecule has 0 bridgehead atoms. The standard InChI is InChI=1S/C33H41FN4O/c1-5-13-23(29-19-9-10-22-38(29)8-4)15-12-18-28-30(24-16-11-17-25(34)21-20-24)32-31(27(7-3)35-28)26(14-6-2)33(39)37-36-32/h5-7,11-15,17,20-21,28-30,35H,1,8-10,16,18-19,22H2,2-4H3,(H,37,39)/b14-6-,15-12-,23-13+,27-7?. The second-order valence-corrected chi connectivity index (χ2v) is 10.2. The molecule has 2 N–H and O–H groups in total. The number of hydrogen-bond donors (Lipinski definition) is 2. The number of likely N-dealkylation sites (tertiary alicyclic amines) is 1. The van der Waals surface area contributed by atoms with Gasteiger partial charge in [-0.15, -0.1) is 0 Å². The smallest absolute Gasteiger partial charge is 0.272 e. The van der Waals surface area contributed by atoms with Gasteiger partial charge in [-0.25, -0.2) is 9.49 Å².